The van der Waals surface area contributed by atoms with Crippen molar-refractivity contribution >= 4 is 50.8 Å². The normalized spacial score (nSPS) is 14.2. The van der Waals surface area contributed by atoms with Gasteiger partial charge in [-0.3, -0.25) is 0 Å². The Hall–Kier alpha value is -2.62. The Morgan fingerprint density at radius 3 is 2.34 bits per heavy atom. The van der Waals surface area contributed by atoms with Gasteiger partial charge in [0.15, 0.2) is 0 Å². The standard InChI is InChI=1S/C32H33NS2/c1-4-5-6-7-12-21-33-29-20-19-26-14-9-11-16-28(26)32(29)35-30(33)22-24(3)34-31-23(2)17-18-25-13-8-10-15-27(25)31/h8-11,13-20,22H,3-7,12,21H2,1-2H3/b30-22-. The number of allylic oxidation sites excluding steroid dienone is 1. The number of rotatable bonds is 9. The van der Waals surface area contributed by atoms with Crippen molar-refractivity contribution in [1.29, 1.82) is 0 Å². The lowest BCUT2D eigenvalue weighted by Crippen LogP contribution is -2.19. The Morgan fingerprint density at radius 1 is 0.857 bits per heavy atom. The highest BCUT2D eigenvalue weighted by molar-refractivity contribution is 8.04. The van der Waals surface area contributed by atoms with E-state index >= 15 is 0 Å². The molecule has 0 spiro atoms. The first-order valence-electron chi connectivity index (χ1n) is 12.7. The van der Waals surface area contributed by atoms with Crippen molar-refractivity contribution in [3.8, 4) is 0 Å². The van der Waals surface area contributed by atoms with E-state index < -0.39 is 0 Å². The van der Waals surface area contributed by atoms with E-state index in [0.717, 1.165) is 11.4 Å². The van der Waals surface area contributed by atoms with Crippen LogP contribution in [-0.2, 0) is 0 Å². The first kappa shape index (κ1) is 24.1. The van der Waals surface area contributed by atoms with Crippen molar-refractivity contribution in [2.24, 2.45) is 0 Å². The molecular weight excluding hydrogens is 462 g/mol. The summed E-state index contributed by atoms with van der Waals surface area (Å²) in [5.74, 6) is 0. The van der Waals surface area contributed by atoms with Gasteiger partial charge >= 0.3 is 0 Å². The van der Waals surface area contributed by atoms with Gasteiger partial charge in [0.05, 0.1) is 10.7 Å². The molecule has 0 aromatic heterocycles. The van der Waals surface area contributed by atoms with Gasteiger partial charge in [-0.15, -0.1) is 0 Å². The number of hydrogen-bond acceptors (Lipinski definition) is 3. The predicted molar refractivity (Wildman–Crippen MR) is 158 cm³/mol. The van der Waals surface area contributed by atoms with Crippen LogP contribution in [0, 0.1) is 6.92 Å². The Balaban J connectivity index is 1.44. The summed E-state index contributed by atoms with van der Waals surface area (Å²) in [5, 5.41) is 6.53. The van der Waals surface area contributed by atoms with Gasteiger partial charge in [0.1, 0.15) is 0 Å². The van der Waals surface area contributed by atoms with Crippen LogP contribution in [0.25, 0.3) is 21.5 Å². The molecule has 0 aliphatic carbocycles. The van der Waals surface area contributed by atoms with Crippen LogP contribution in [0.15, 0.2) is 105 Å². The molecule has 0 N–H and O–H groups in total. The van der Waals surface area contributed by atoms with E-state index in [4.69, 9.17) is 0 Å². The molecule has 0 atom stereocenters. The van der Waals surface area contributed by atoms with Crippen molar-refractivity contribution in [2.45, 2.75) is 55.7 Å². The summed E-state index contributed by atoms with van der Waals surface area (Å²) < 4.78 is 0. The summed E-state index contributed by atoms with van der Waals surface area (Å²) in [5.41, 5.74) is 2.64. The van der Waals surface area contributed by atoms with E-state index in [2.05, 4.69) is 104 Å². The van der Waals surface area contributed by atoms with E-state index in [1.807, 2.05) is 11.8 Å². The van der Waals surface area contributed by atoms with Gasteiger partial charge in [-0.1, -0.05) is 129 Å². The lowest BCUT2D eigenvalue weighted by molar-refractivity contribution is 0.632. The van der Waals surface area contributed by atoms with Crippen molar-refractivity contribution in [3.05, 3.63) is 101 Å². The van der Waals surface area contributed by atoms with Crippen LogP contribution in [0.3, 0.4) is 0 Å². The van der Waals surface area contributed by atoms with Crippen LogP contribution in [-0.4, -0.2) is 6.54 Å². The van der Waals surface area contributed by atoms with Crippen LogP contribution in [0.2, 0.25) is 0 Å². The van der Waals surface area contributed by atoms with Crippen molar-refractivity contribution < 1.29 is 0 Å². The van der Waals surface area contributed by atoms with E-state index in [9.17, 15) is 0 Å². The summed E-state index contributed by atoms with van der Waals surface area (Å²) >= 11 is 3.70. The minimum absolute atomic E-state index is 1.05. The monoisotopic (exact) mass is 495 g/mol. The number of nitrogens with zero attached hydrogens (tertiary/aromatic N) is 1. The number of fused-ring (bicyclic) bond motifs is 4. The lowest BCUT2D eigenvalue weighted by Gasteiger charge is -2.21. The zero-order valence-corrected chi connectivity index (χ0v) is 22.4. The van der Waals surface area contributed by atoms with Crippen LogP contribution in [0.4, 0.5) is 5.69 Å². The summed E-state index contributed by atoms with van der Waals surface area (Å²) in [6, 6.07) is 26.4. The van der Waals surface area contributed by atoms with Gasteiger partial charge in [-0.2, -0.15) is 0 Å². The van der Waals surface area contributed by atoms with Gasteiger partial charge < -0.3 is 4.90 Å². The van der Waals surface area contributed by atoms with Gasteiger partial charge in [0.2, 0.25) is 0 Å². The van der Waals surface area contributed by atoms with Crippen LogP contribution in [0.5, 0.6) is 0 Å². The van der Waals surface area contributed by atoms with E-state index in [1.165, 1.54) is 79.7 Å². The van der Waals surface area contributed by atoms with E-state index in [-0.39, 0.29) is 0 Å². The Labute approximate surface area is 218 Å². The Morgan fingerprint density at radius 2 is 1.54 bits per heavy atom. The fraction of sp³-hybridized carbons (Fsp3) is 0.250. The molecule has 5 rings (SSSR count). The highest BCUT2D eigenvalue weighted by atomic mass is 32.2. The molecule has 1 heterocycles. The minimum Gasteiger partial charge on any atom is -0.335 e. The average molecular weight is 496 g/mol. The molecule has 4 aromatic carbocycles. The maximum atomic E-state index is 4.49. The Kier molecular flexibility index (Phi) is 7.55. The second kappa shape index (κ2) is 11.0. The first-order chi connectivity index (χ1) is 17.2. The predicted octanol–water partition coefficient (Wildman–Crippen LogP) is 10.3. The van der Waals surface area contributed by atoms with Crippen molar-refractivity contribution in [1.82, 2.24) is 0 Å². The van der Waals surface area contributed by atoms with Crippen LogP contribution >= 0.6 is 23.5 Å². The molecule has 1 aliphatic heterocycles. The molecule has 0 unspecified atom stereocenters. The minimum atomic E-state index is 1.05. The summed E-state index contributed by atoms with van der Waals surface area (Å²) in [6.07, 6.45) is 8.74. The van der Waals surface area contributed by atoms with Crippen LogP contribution in [0.1, 0.15) is 44.6 Å². The number of thioether (sulfide) groups is 2. The second-order valence-corrected chi connectivity index (χ2v) is 11.5. The third-order valence-electron chi connectivity index (χ3n) is 6.70. The third kappa shape index (κ3) is 5.17. The Bertz CT molecular complexity index is 1400. The van der Waals surface area contributed by atoms with Gasteiger partial charge in [0.25, 0.3) is 0 Å². The zero-order chi connectivity index (χ0) is 24.2. The van der Waals surface area contributed by atoms with Gasteiger partial charge in [0, 0.05) is 21.2 Å². The number of hydrogen-bond donors (Lipinski definition) is 0. The quantitative estimate of drug-likeness (QED) is 0.168. The molecule has 178 valence electrons. The molecule has 0 fully saturated rings. The lowest BCUT2D eigenvalue weighted by atomic mass is 10.1. The largest absolute Gasteiger partial charge is 0.335 e. The second-order valence-electron chi connectivity index (χ2n) is 9.29. The number of anilines is 1. The smallest absolute Gasteiger partial charge is 0.0812 e. The molecule has 1 nitrogen and oxygen atoms in total. The third-order valence-corrected chi connectivity index (χ3v) is 9.01. The molecule has 0 saturated carbocycles. The highest BCUT2D eigenvalue weighted by Crippen LogP contribution is 2.50. The zero-order valence-electron chi connectivity index (χ0n) is 20.7. The van der Waals surface area contributed by atoms with Crippen molar-refractivity contribution in [3.63, 3.8) is 0 Å². The molecule has 1 aliphatic rings. The van der Waals surface area contributed by atoms with Crippen LogP contribution < -0.4 is 4.90 Å². The molecule has 4 aromatic rings. The fourth-order valence-corrected chi connectivity index (χ4v) is 7.15. The maximum Gasteiger partial charge on any atom is 0.0812 e. The van der Waals surface area contributed by atoms with E-state index in [1.54, 1.807) is 11.8 Å². The molecule has 0 bridgehead atoms. The molecule has 0 saturated heterocycles. The topological polar surface area (TPSA) is 3.24 Å². The van der Waals surface area contributed by atoms with E-state index in [0.29, 0.717) is 0 Å². The maximum absolute atomic E-state index is 4.49. The molecule has 3 heteroatoms. The fourth-order valence-electron chi connectivity index (χ4n) is 4.83. The van der Waals surface area contributed by atoms with Gasteiger partial charge in [-0.05, 0) is 52.6 Å². The SMILES string of the molecule is C=C(/C=C1\Sc2c(ccc3ccccc23)N1CCCCCCC)Sc1c(C)ccc2ccccc12. The van der Waals surface area contributed by atoms with Crippen molar-refractivity contribution in [2.75, 3.05) is 11.4 Å². The number of unbranched alkanes of at least 4 members (excludes halogenated alkanes) is 4. The first-order valence-corrected chi connectivity index (χ1v) is 14.3. The molecule has 35 heavy (non-hydrogen) atoms. The molecule has 0 radical (unpaired) electrons. The summed E-state index contributed by atoms with van der Waals surface area (Å²) in [7, 11) is 0. The number of aryl methyl sites for hydroxylation is 1. The highest BCUT2D eigenvalue weighted by Gasteiger charge is 2.26. The average Bonchev–Trinajstić information content (AvgIpc) is 3.23. The number of benzene rings is 4. The molecular formula is C32H33NS2. The molecule has 0 amide bonds. The summed E-state index contributed by atoms with van der Waals surface area (Å²) in [6.45, 7) is 10.0. The summed E-state index contributed by atoms with van der Waals surface area (Å²) in [4.78, 5) is 6.30. The van der Waals surface area contributed by atoms with Gasteiger partial charge in [-0.25, -0.2) is 0 Å².